The zero-order valence-corrected chi connectivity index (χ0v) is 24.6. The molecule has 1 saturated heterocycles. The summed E-state index contributed by atoms with van der Waals surface area (Å²) in [6.07, 6.45) is -0.305. The van der Waals surface area contributed by atoms with Crippen molar-refractivity contribution in [1.29, 1.82) is 0 Å². The summed E-state index contributed by atoms with van der Waals surface area (Å²) < 4.78 is 14.6. The van der Waals surface area contributed by atoms with Crippen LogP contribution >= 0.6 is 22.9 Å². The van der Waals surface area contributed by atoms with Crippen LogP contribution in [0.5, 0.6) is 0 Å². The Morgan fingerprint density at radius 1 is 1.07 bits per heavy atom. The van der Waals surface area contributed by atoms with Gasteiger partial charge in [-0.25, -0.2) is 14.3 Å². The fourth-order valence-electron chi connectivity index (χ4n) is 5.10. The van der Waals surface area contributed by atoms with Crippen LogP contribution in [0.2, 0.25) is 5.02 Å². The molecule has 0 saturated carbocycles. The van der Waals surface area contributed by atoms with Gasteiger partial charge in [-0.2, -0.15) is 0 Å². The lowest BCUT2D eigenvalue weighted by atomic mass is 10.1. The first-order valence-corrected chi connectivity index (χ1v) is 14.6. The number of anilines is 1. The van der Waals surface area contributed by atoms with E-state index in [-0.39, 0.29) is 23.6 Å². The van der Waals surface area contributed by atoms with E-state index in [1.165, 1.54) is 52.6 Å². The van der Waals surface area contributed by atoms with Gasteiger partial charge < -0.3 is 4.90 Å². The normalized spacial score (nSPS) is 14.8. The third kappa shape index (κ3) is 5.54. The summed E-state index contributed by atoms with van der Waals surface area (Å²) in [4.78, 5) is 58.5. The molecule has 1 aromatic heterocycles. The maximum Gasteiger partial charge on any atom is 0.288 e. The van der Waals surface area contributed by atoms with E-state index in [0.29, 0.717) is 11.3 Å². The van der Waals surface area contributed by atoms with Crippen LogP contribution in [0.15, 0.2) is 84.9 Å². The number of carbonyl (C=O) groups excluding carboxylic acids is 3. The Morgan fingerprint density at radius 2 is 1.80 bits per heavy atom. The number of benzene rings is 4. The van der Waals surface area contributed by atoms with Crippen molar-refractivity contribution in [1.82, 2.24) is 9.88 Å². The number of fused-ring (bicyclic) bond motifs is 1. The average Bonchev–Trinajstić information content (AvgIpc) is 3.56. The van der Waals surface area contributed by atoms with Crippen LogP contribution in [-0.4, -0.2) is 38.6 Å². The standard InChI is InChI=1S/C32H22ClFN4O5S/c1-18-2-13-25-28(14-18)44-30(35-25)20-5-10-23(11-6-20)37-29(39)16-27(32(37)41)36(17-19-3-8-22(34)9-4-19)31(40)21-7-12-24(33)26(15-21)38(42)43/h2-15,27H,16-17H2,1H3. The number of carbonyl (C=O) groups is 3. The lowest BCUT2D eigenvalue weighted by Gasteiger charge is -2.28. The van der Waals surface area contributed by atoms with Gasteiger partial charge in [-0.3, -0.25) is 24.5 Å². The molecule has 44 heavy (non-hydrogen) atoms. The van der Waals surface area contributed by atoms with Gasteiger partial charge in [0.2, 0.25) is 5.91 Å². The number of nitro groups is 1. The van der Waals surface area contributed by atoms with Crippen LogP contribution < -0.4 is 4.90 Å². The number of amides is 3. The summed E-state index contributed by atoms with van der Waals surface area (Å²) in [5.41, 5.74) is 3.10. The third-order valence-electron chi connectivity index (χ3n) is 7.33. The second-order valence-corrected chi connectivity index (χ2v) is 11.7. The number of halogens is 2. The molecule has 4 aromatic carbocycles. The molecule has 0 bridgehead atoms. The highest BCUT2D eigenvalue weighted by Crippen LogP contribution is 2.34. The Labute approximate surface area is 259 Å². The van der Waals surface area contributed by atoms with Crippen molar-refractivity contribution in [2.75, 3.05) is 4.90 Å². The molecule has 220 valence electrons. The van der Waals surface area contributed by atoms with Crippen LogP contribution in [0.3, 0.4) is 0 Å². The van der Waals surface area contributed by atoms with E-state index >= 15 is 0 Å². The van der Waals surface area contributed by atoms with E-state index in [9.17, 15) is 28.9 Å². The number of rotatable bonds is 7. The molecule has 0 N–H and O–H groups in total. The number of thiazole rings is 1. The minimum absolute atomic E-state index is 0.0858. The number of nitro benzene ring substituents is 1. The number of hydrogen-bond acceptors (Lipinski definition) is 7. The van der Waals surface area contributed by atoms with Gasteiger partial charge in [0.1, 0.15) is 21.9 Å². The molecule has 1 fully saturated rings. The summed E-state index contributed by atoms with van der Waals surface area (Å²) in [5, 5.41) is 12.1. The largest absolute Gasteiger partial charge is 0.322 e. The highest BCUT2D eigenvalue weighted by molar-refractivity contribution is 7.21. The highest BCUT2D eigenvalue weighted by Gasteiger charge is 2.44. The maximum absolute atomic E-state index is 13.8. The van der Waals surface area contributed by atoms with Crippen molar-refractivity contribution < 1.29 is 23.7 Å². The molecule has 0 aliphatic carbocycles. The van der Waals surface area contributed by atoms with Crippen LogP contribution in [0.1, 0.15) is 27.9 Å². The zero-order valence-electron chi connectivity index (χ0n) is 23.1. The van der Waals surface area contributed by atoms with Crippen LogP contribution in [0.25, 0.3) is 20.8 Å². The predicted molar refractivity (Wildman–Crippen MR) is 165 cm³/mol. The lowest BCUT2D eigenvalue weighted by Crippen LogP contribution is -2.45. The smallest absolute Gasteiger partial charge is 0.288 e. The van der Waals surface area contributed by atoms with Gasteiger partial charge in [0, 0.05) is 23.7 Å². The highest BCUT2D eigenvalue weighted by atomic mass is 35.5. The molecule has 1 atom stereocenters. The van der Waals surface area contributed by atoms with Crippen molar-refractivity contribution in [3.63, 3.8) is 0 Å². The van der Waals surface area contributed by atoms with Crippen molar-refractivity contribution in [3.05, 3.63) is 123 Å². The molecule has 2 heterocycles. The number of aryl methyl sites for hydroxylation is 1. The van der Waals surface area contributed by atoms with Gasteiger partial charge in [0.25, 0.3) is 17.5 Å². The van der Waals surface area contributed by atoms with Gasteiger partial charge in [-0.1, -0.05) is 29.8 Å². The molecule has 5 aromatic rings. The number of imide groups is 1. The van der Waals surface area contributed by atoms with E-state index < -0.39 is 40.2 Å². The van der Waals surface area contributed by atoms with E-state index in [1.807, 2.05) is 19.1 Å². The molecular weight excluding hydrogens is 607 g/mol. The quantitative estimate of drug-likeness (QED) is 0.109. The first-order chi connectivity index (χ1) is 21.1. The Hall–Kier alpha value is -5.00. The Bertz CT molecular complexity index is 1960. The fourth-order valence-corrected chi connectivity index (χ4v) is 6.36. The first kappa shape index (κ1) is 29.1. The number of nitrogens with zero attached hydrogens (tertiary/aromatic N) is 4. The number of aromatic nitrogens is 1. The molecule has 1 unspecified atom stereocenters. The molecule has 1 aliphatic rings. The Balaban J connectivity index is 1.30. The van der Waals surface area contributed by atoms with E-state index in [1.54, 1.807) is 24.3 Å². The first-order valence-electron chi connectivity index (χ1n) is 13.4. The maximum atomic E-state index is 13.8. The minimum atomic E-state index is -1.21. The SMILES string of the molecule is Cc1ccc2nc(-c3ccc(N4C(=O)CC(N(Cc5ccc(F)cc5)C(=O)c5ccc(Cl)c([N+](=O)[O-])c5)C4=O)cc3)sc2c1. The Morgan fingerprint density at radius 3 is 2.50 bits per heavy atom. The summed E-state index contributed by atoms with van der Waals surface area (Å²) in [7, 11) is 0. The van der Waals surface area contributed by atoms with Crippen molar-refractivity contribution in [2.45, 2.75) is 25.9 Å². The van der Waals surface area contributed by atoms with Crippen molar-refractivity contribution >= 4 is 62.3 Å². The van der Waals surface area contributed by atoms with Crippen molar-refractivity contribution in [3.8, 4) is 10.6 Å². The van der Waals surface area contributed by atoms with E-state index in [0.717, 1.165) is 37.3 Å². The third-order valence-corrected chi connectivity index (χ3v) is 8.72. The van der Waals surface area contributed by atoms with Gasteiger partial charge in [-0.05, 0) is 78.7 Å². The van der Waals surface area contributed by atoms with Gasteiger partial charge in [-0.15, -0.1) is 11.3 Å². The number of hydrogen-bond donors (Lipinski definition) is 0. The fraction of sp³-hybridized carbons (Fsp3) is 0.125. The van der Waals surface area contributed by atoms with Crippen LogP contribution in [-0.2, 0) is 16.1 Å². The molecule has 0 spiro atoms. The molecule has 1 aliphatic heterocycles. The topological polar surface area (TPSA) is 114 Å². The molecule has 12 heteroatoms. The zero-order chi connectivity index (χ0) is 31.1. The second-order valence-electron chi connectivity index (χ2n) is 10.3. The molecule has 0 radical (unpaired) electrons. The van der Waals surface area contributed by atoms with Gasteiger partial charge in [0.15, 0.2) is 0 Å². The molecule has 6 rings (SSSR count). The average molecular weight is 629 g/mol. The lowest BCUT2D eigenvalue weighted by molar-refractivity contribution is -0.384. The second kappa shape index (κ2) is 11.6. The summed E-state index contributed by atoms with van der Waals surface area (Å²) in [5.74, 6) is -2.34. The Kier molecular flexibility index (Phi) is 7.66. The monoisotopic (exact) mass is 628 g/mol. The van der Waals surface area contributed by atoms with Crippen LogP contribution in [0, 0.1) is 22.9 Å². The van der Waals surface area contributed by atoms with E-state index in [2.05, 4.69) is 11.1 Å². The molecule has 3 amide bonds. The van der Waals surface area contributed by atoms with E-state index in [4.69, 9.17) is 11.6 Å². The summed E-state index contributed by atoms with van der Waals surface area (Å²) in [6, 6.07) is 20.6. The molecular formula is C32H22ClFN4O5S. The van der Waals surface area contributed by atoms with Crippen LogP contribution in [0.4, 0.5) is 15.8 Å². The van der Waals surface area contributed by atoms with Gasteiger partial charge in [0.05, 0.1) is 27.2 Å². The summed E-state index contributed by atoms with van der Waals surface area (Å²) >= 11 is 7.48. The molecule has 9 nitrogen and oxygen atoms in total. The summed E-state index contributed by atoms with van der Waals surface area (Å²) in [6.45, 7) is 1.86. The minimum Gasteiger partial charge on any atom is -0.322 e. The predicted octanol–water partition coefficient (Wildman–Crippen LogP) is 6.95. The van der Waals surface area contributed by atoms with Gasteiger partial charge >= 0.3 is 0 Å². The van der Waals surface area contributed by atoms with Crippen molar-refractivity contribution in [2.24, 2.45) is 0 Å².